The topological polar surface area (TPSA) is 108 Å². The predicted molar refractivity (Wildman–Crippen MR) is 118 cm³/mol. The van der Waals surface area contributed by atoms with Crippen LogP contribution in [0.2, 0.25) is 0 Å². The lowest BCUT2D eigenvalue weighted by Gasteiger charge is -2.16. The van der Waals surface area contributed by atoms with Gasteiger partial charge in [0.05, 0.1) is 16.8 Å². The van der Waals surface area contributed by atoms with Gasteiger partial charge in [-0.25, -0.2) is 0 Å². The van der Waals surface area contributed by atoms with Gasteiger partial charge in [-0.05, 0) is 30.3 Å². The lowest BCUT2D eigenvalue weighted by Crippen LogP contribution is -2.35. The summed E-state index contributed by atoms with van der Waals surface area (Å²) in [6.07, 6.45) is 2.40. The number of aliphatic hydroxyl groups is 1. The third-order valence-electron chi connectivity index (χ3n) is 4.62. The normalized spacial score (nSPS) is 16.4. The van der Waals surface area contributed by atoms with E-state index >= 15 is 0 Å². The van der Waals surface area contributed by atoms with Crippen molar-refractivity contribution >= 4 is 34.0 Å². The van der Waals surface area contributed by atoms with E-state index in [1.165, 1.54) is 12.3 Å². The minimum atomic E-state index is -1.22. The van der Waals surface area contributed by atoms with Crippen molar-refractivity contribution in [3.05, 3.63) is 47.5 Å². The second-order valence-electron chi connectivity index (χ2n) is 7.39. The van der Waals surface area contributed by atoms with Gasteiger partial charge >= 0.3 is 0 Å². The van der Waals surface area contributed by atoms with E-state index in [2.05, 4.69) is 10.6 Å². The third kappa shape index (κ3) is 5.08. The van der Waals surface area contributed by atoms with Gasteiger partial charge in [-0.2, -0.15) is 0 Å². The van der Waals surface area contributed by atoms with Gasteiger partial charge < -0.3 is 25.6 Å². The van der Waals surface area contributed by atoms with Gasteiger partial charge in [0.25, 0.3) is 5.91 Å². The Balaban J connectivity index is 1.88. The maximum atomic E-state index is 12.6. The van der Waals surface area contributed by atoms with E-state index in [1.54, 1.807) is 36.4 Å². The molecule has 4 N–H and O–H groups in total. The molecule has 2 unspecified atom stereocenters. The minimum Gasteiger partial charge on any atom is -0.507 e. The van der Waals surface area contributed by atoms with Crippen LogP contribution in [0.3, 0.4) is 0 Å². The van der Waals surface area contributed by atoms with Crippen LogP contribution >= 0.6 is 0 Å². The van der Waals surface area contributed by atoms with Crippen molar-refractivity contribution in [3.63, 3.8) is 0 Å². The van der Waals surface area contributed by atoms with Crippen molar-refractivity contribution in [2.45, 2.75) is 30.9 Å². The lowest BCUT2D eigenvalue weighted by atomic mass is 10.0. The number of fused-ring (bicyclic) bond motifs is 1. The number of ether oxygens (including phenoxy) is 1. The summed E-state index contributed by atoms with van der Waals surface area (Å²) in [6.45, 7) is 4.45. The molecule has 8 heteroatoms. The summed E-state index contributed by atoms with van der Waals surface area (Å²) < 4.78 is 17.4. The number of nitrogens with one attached hydrogen (secondary N) is 2. The molecule has 0 bridgehead atoms. The molecule has 0 fully saturated rings. The molecule has 30 heavy (non-hydrogen) atoms. The summed E-state index contributed by atoms with van der Waals surface area (Å²) in [5.41, 5.74) is 1.95. The van der Waals surface area contributed by atoms with Gasteiger partial charge in [-0.1, -0.05) is 26.0 Å². The number of anilines is 1. The van der Waals surface area contributed by atoms with Crippen molar-refractivity contribution in [1.29, 1.82) is 0 Å². The SMILES string of the molecule is CC(C)NCC(O)COc1cccc2c1/C(=C/c1ccc(S(C)=O)cc1O)C(=O)N2. The Labute approximate surface area is 178 Å². The molecule has 3 rings (SSSR count). The summed E-state index contributed by atoms with van der Waals surface area (Å²) in [6, 6.07) is 10.2. The number of aromatic hydroxyl groups is 1. The molecule has 1 heterocycles. The van der Waals surface area contributed by atoms with Crippen LogP contribution in [0, 0.1) is 0 Å². The molecule has 1 aliphatic rings. The fourth-order valence-electron chi connectivity index (χ4n) is 3.07. The van der Waals surface area contributed by atoms with Gasteiger partial charge in [0.1, 0.15) is 24.2 Å². The Morgan fingerprint density at radius 1 is 1.27 bits per heavy atom. The van der Waals surface area contributed by atoms with Crippen LogP contribution in [0.25, 0.3) is 11.6 Å². The molecule has 0 saturated carbocycles. The molecule has 1 aliphatic heterocycles. The Kier molecular flexibility index (Phi) is 6.91. The van der Waals surface area contributed by atoms with Gasteiger partial charge in [0, 0.05) is 40.1 Å². The molecular formula is C22H26N2O5S. The minimum absolute atomic E-state index is 0.0648. The molecule has 7 nitrogen and oxygen atoms in total. The van der Waals surface area contributed by atoms with Crippen LogP contribution in [-0.4, -0.2) is 51.9 Å². The number of aliphatic hydroxyl groups excluding tert-OH is 1. The van der Waals surface area contributed by atoms with E-state index in [0.717, 1.165) is 0 Å². The average Bonchev–Trinajstić information content (AvgIpc) is 3.01. The number of amides is 1. The highest BCUT2D eigenvalue weighted by Gasteiger charge is 2.28. The summed E-state index contributed by atoms with van der Waals surface area (Å²) >= 11 is 0. The van der Waals surface area contributed by atoms with E-state index in [4.69, 9.17) is 4.74 Å². The second kappa shape index (κ2) is 9.42. The summed E-state index contributed by atoms with van der Waals surface area (Å²) in [7, 11) is -1.22. The van der Waals surface area contributed by atoms with Crippen molar-refractivity contribution in [3.8, 4) is 11.5 Å². The molecule has 0 radical (unpaired) electrons. The molecule has 2 aromatic rings. The van der Waals surface area contributed by atoms with Crippen LogP contribution < -0.4 is 15.4 Å². The van der Waals surface area contributed by atoms with Crippen LogP contribution in [0.4, 0.5) is 5.69 Å². The Morgan fingerprint density at radius 3 is 2.70 bits per heavy atom. The Morgan fingerprint density at radius 2 is 2.03 bits per heavy atom. The molecule has 2 atom stereocenters. The highest BCUT2D eigenvalue weighted by Crippen LogP contribution is 2.40. The number of carbonyl (C=O) groups excluding carboxylic acids is 1. The molecular weight excluding hydrogens is 404 g/mol. The smallest absolute Gasteiger partial charge is 0.256 e. The number of hydrogen-bond donors (Lipinski definition) is 4. The number of phenols is 1. The number of phenolic OH excluding ortho intramolecular Hbond substituents is 1. The summed E-state index contributed by atoms with van der Waals surface area (Å²) in [4.78, 5) is 13.1. The lowest BCUT2D eigenvalue weighted by molar-refractivity contribution is -0.110. The van der Waals surface area contributed by atoms with E-state index < -0.39 is 16.9 Å². The third-order valence-corrected chi connectivity index (χ3v) is 5.53. The molecule has 2 aromatic carbocycles. The maximum Gasteiger partial charge on any atom is 0.256 e. The zero-order valence-electron chi connectivity index (χ0n) is 17.1. The quantitative estimate of drug-likeness (QED) is 0.479. The maximum absolute atomic E-state index is 12.6. The summed E-state index contributed by atoms with van der Waals surface area (Å²) in [5, 5.41) is 26.4. The summed E-state index contributed by atoms with van der Waals surface area (Å²) in [5.74, 6) is 0.0853. The average molecular weight is 431 g/mol. The van der Waals surface area contributed by atoms with Crippen molar-refractivity contribution in [2.24, 2.45) is 0 Å². The van der Waals surface area contributed by atoms with Crippen molar-refractivity contribution in [2.75, 3.05) is 24.7 Å². The number of carbonyl (C=O) groups is 1. The zero-order valence-corrected chi connectivity index (χ0v) is 18.0. The fourth-order valence-corrected chi connectivity index (χ4v) is 3.61. The highest BCUT2D eigenvalue weighted by atomic mass is 32.2. The number of hydrogen-bond acceptors (Lipinski definition) is 6. The Bertz CT molecular complexity index is 1000. The first-order chi connectivity index (χ1) is 14.3. The molecule has 0 saturated heterocycles. The predicted octanol–water partition coefficient (Wildman–Crippen LogP) is 2.36. The highest BCUT2D eigenvalue weighted by molar-refractivity contribution is 7.84. The second-order valence-corrected chi connectivity index (χ2v) is 8.77. The molecule has 0 aliphatic carbocycles. The standard InChI is InChI=1S/C22H26N2O5S/c1-13(2)23-11-15(25)12-29-20-6-4-5-18-21(20)17(22(27)24-18)9-14-7-8-16(30(3)28)10-19(14)26/h4-10,13,15,23,25-26H,11-12H2,1-3H3,(H,24,27)/b17-9-. The first kappa shape index (κ1) is 22.0. The van der Waals surface area contributed by atoms with E-state index in [-0.39, 0.29) is 24.3 Å². The molecule has 0 aromatic heterocycles. The first-order valence-electron chi connectivity index (χ1n) is 9.63. The molecule has 0 spiro atoms. The van der Waals surface area contributed by atoms with E-state index in [0.29, 0.717) is 39.6 Å². The monoisotopic (exact) mass is 430 g/mol. The van der Waals surface area contributed by atoms with E-state index in [9.17, 15) is 19.2 Å². The van der Waals surface area contributed by atoms with Crippen molar-refractivity contribution in [1.82, 2.24) is 5.32 Å². The van der Waals surface area contributed by atoms with E-state index in [1.807, 2.05) is 13.8 Å². The van der Waals surface area contributed by atoms with Gasteiger partial charge in [0.2, 0.25) is 0 Å². The van der Waals surface area contributed by atoms with Crippen LogP contribution in [0.15, 0.2) is 41.3 Å². The Hall–Kier alpha value is -2.68. The fraction of sp³-hybridized carbons (Fsp3) is 0.318. The van der Waals surface area contributed by atoms with Gasteiger partial charge in [-0.3, -0.25) is 9.00 Å². The number of benzene rings is 2. The number of rotatable bonds is 8. The van der Waals surface area contributed by atoms with Crippen molar-refractivity contribution < 1.29 is 24.0 Å². The first-order valence-corrected chi connectivity index (χ1v) is 11.2. The molecule has 160 valence electrons. The van der Waals surface area contributed by atoms with Crippen LogP contribution in [0.5, 0.6) is 11.5 Å². The zero-order chi connectivity index (χ0) is 21.8. The van der Waals surface area contributed by atoms with Gasteiger partial charge in [-0.15, -0.1) is 0 Å². The van der Waals surface area contributed by atoms with Crippen LogP contribution in [0.1, 0.15) is 25.0 Å². The van der Waals surface area contributed by atoms with Gasteiger partial charge in [0.15, 0.2) is 0 Å². The largest absolute Gasteiger partial charge is 0.507 e. The molecule has 1 amide bonds. The van der Waals surface area contributed by atoms with Crippen LogP contribution in [-0.2, 0) is 15.6 Å².